The van der Waals surface area contributed by atoms with Gasteiger partial charge in [0.05, 0.1) is 22.8 Å². The molecule has 258 valence electrons. The van der Waals surface area contributed by atoms with E-state index >= 15 is 0 Å². The first-order valence-electron chi connectivity index (χ1n) is 18.3. The molecule has 0 bridgehead atoms. The van der Waals surface area contributed by atoms with E-state index in [0.29, 0.717) is 11.6 Å². The van der Waals surface area contributed by atoms with Gasteiger partial charge in [-0.3, -0.25) is 0 Å². The van der Waals surface area contributed by atoms with Crippen LogP contribution >= 0.6 is 11.3 Å². The molecule has 0 radical (unpaired) electrons. The summed E-state index contributed by atoms with van der Waals surface area (Å²) in [4.78, 5) is 20.6. The lowest BCUT2D eigenvalue weighted by atomic mass is 10.0. The summed E-state index contributed by atoms with van der Waals surface area (Å²) in [5.74, 6) is 1.40. The van der Waals surface area contributed by atoms with Crippen LogP contribution in [0.5, 0.6) is 0 Å². The first-order valence-corrected chi connectivity index (χ1v) is 19.1. The van der Waals surface area contributed by atoms with Gasteiger partial charge in [-0.2, -0.15) is 0 Å². The van der Waals surface area contributed by atoms with Crippen molar-refractivity contribution in [1.82, 2.24) is 19.9 Å². The van der Waals surface area contributed by atoms with Gasteiger partial charge in [0.1, 0.15) is 0 Å². The van der Waals surface area contributed by atoms with E-state index in [2.05, 4.69) is 170 Å². The normalized spacial score (nSPS) is 11.3. The van der Waals surface area contributed by atoms with Crippen molar-refractivity contribution >= 4 is 31.5 Å². The molecule has 0 saturated carbocycles. The van der Waals surface area contributed by atoms with Crippen molar-refractivity contribution in [3.05, 3.63) is 194 Å². The van der Waals surface area contributed by atoms with Crippen molar-refractivity contribution in [3.8, 4) is 78.9 Å². The lowest BCUT2D eigenvalue weighted by Crippen LogP contribution is -1.96. The van der Waals surface area contributed by atoms with E-state index in [4.69, 9.17) is 19.9 Å². The van der Waals surface area contributed by atoms with Crippen LogP contribution in [0.25, 0.3) is 99.1 Å². The maximum Gasteiger partial charge on any atom is 0.161 e. The van der Waals surface area contributed by atoms with Gasteiger partial charge >= 0.3 is 0 Å². The molecule has 0 N–H and O–H groups in total. The Balaban J connectivity index is 1.10. The van der Waals surface area contributed by atoms with Crippen molar-refractivity contribution in [1.29, 1.82) is 0 Å². The molecule has 0 fully saturated rings. The van der Waals surface area contributed by atoms with E-state index in [1.165, 1.54) is 21.0 Å². The van der Waals surface area contributed by atoms with E-state index in [1.54, 1.807) is 11.3 Å². The van der Waals surface area contributed by atoms with E-state index in [-0.39, 0.29) is 0 Å². The van der Waals surface area contributed by atoms with Crippen LogP contribution in [0.4, 0.5) is 0 Å². The van der Waals surface area contributed by atoms with Crippen LogP contribution in [-0.2, 0) is 0 Å². The van der Waals surface area contributed by atoms with Crippen LogP contribution in [0.1, 0.15) is 0 Å². The fourth-order valence-electron chi connectivity index (χ4n) is 7.14. The number of rotatable bonds is 7. The van der Waals surface area contributed by atoms with E-state index in [9.17, 15) is 0 Å². The smallest absolute Gasteiger partial charge is 0.161 e. The van der Waals surface area contributed by atoms with Gasteiger partial charge in [0, 0.05) is 53.6 Å². The molecule has 0 atom stereocenters. The standard InChI is InChI=1S/C50H32N4S/c1-5-14-33(15-6-1)34-24-26-38(27-25-34)49-51-43(35-16-7-2-8-17-35)32-46(52-49)39-28-29-47-42(30-39)40-22-13-23-41(48(40)55-47)50-53-44(36-18-9-3-10-19-36)31-45(54-50)37-20-11-4-12-21-37/h1-32H. The number of nitrogens with zero attached hydrogens (tertiary/aromatic N) is 4. The number of thiophene rings is 1. The van der Waals surface area contributed by atoms with Crippen LogP contribution in [0, 0.1) is 0 Å². The predicted octanol–water partition coefficient (Wildman–Crippen LogP) is 13.3. The van der Waals surface area contributed by atoms with Gasteiger partial charge in [-0.1, -0.05) is 164 Å². The monoisotopic (exact) mass is 720 g/mol. The lowest BCUT2D eigenvalue weighted by Gasteiger charge is -2.10. The molecule has 5 heteroatoms. The molecule has 0 aliphatic carbocycles. The van der Waals surface area contributed by atoms with Crippen molar-refractivity contribution in [2.24, 2.45) is 0 Å². The Morgan fingerprint density at radius 2 is 0.727 bits per heavy atom. The van der Waals surface area contributed by atoms with Gasteiger partial charge < -0.3 is 0 Å². The minimum absolute atomic E-state index is 0.693. The fourth-order valence-corrected chi connectivity index (χ4v) is 8.33. The quantitative estimate of drug-likeness (QED) is 0.164. The van der Waals surface area contributed by atoms with Crippen LogP contribution in [0.3, 0.4) is 0 Å². The Kier molecular flexibility index (Phi) is 8.32. The average Bonchev–Trinajstić information content (AvgIpc) is 3.66. The number of fused-ring (bicyclic) bond motifs is 3. The Labute approximate surface area is 323 Å². The molecule has 10 aromatic rings. The van der Waals surface area contributed by atoms with Gasteiger partial charge in [-0.25, -0.2) is 19.9 Å². The zero-order valence-corrected chi connectivity index (χ0v) is 30.5. The molecular formula is C50H32N4S. The zero-order valence-electron chi connectivity index (χ0n) is 29.7. The molecule has 4 nitrogen and oxygen atoms in total. The molecule has 0 spiro atoms. The molecule has 0 saturated heterocycles. The molecule has 10 rings (SSSR count). The summed E-state index contributed by atoms with van der Waals surface area (Å²) in [5.41, 5.74) is 12.1. The predicted molar refractivity (Wildman–Crippen MR) is 229 cm³/mol. The largest absolute Gasteiger partial charge is 0.228 e. The summed E-state index contributed by atoms with van der Waals surface area (Å²) in [6, 6.07) is 67.3. The molecule has 0 aliphatic rings. The second-order valence-electron chi connectivity index (χ2n) is 13.5. The SMILES string of the molecule is c1ccc(-c2ccc(-c3nc(-c4ccccc4)cc(-c4ccc5sc6c(-c7nc(-c8ccccc8)cc(-c8ccccc8)n7)cccc6c5c4)n3)cc2)cc1. The highest BCUT2D eigenvalue weighted by Gasteiger charge is 2.17. The Hall–Kier alpha value is -7.08. The Bertz CT molecular complexity index is 2890. The first kappa shape index (κ1) is 32.6. The summed E-state index contributed by atoms with van der Waals surface area (Å²) in [6.45, 7) is 0. The highest BCUT2D eigenvalue weighted by Crippen LogP contribution is 2.42. The number of benzene rings is 7. The minimum atomic E-state index is 0.693. The topological polar surface area (TPSA) is 51.6 Å². The van der Waals surface area contributed by atoms with Crippen LogP contribution in [-0.4, -0.2) is 19.9 Å². The molecular weight excluding hydrogens is 689 g/mol. The van der Waals surface area contributed by atoms with Crippen LogP contribution < -0.4 is 0 Å². The molecule has 55 heavy (non-hydrogen) atoms. The summed E-state index contributed by atoms with van der Waals surface area (Å²) < 4.78 is 2.36. The van der Waals surface area contributed by atoms with Gasteiger partial charge in [0.2, 0.25) is 0 Å². The van der Waals surface area contributed by atoms with Crippen molar-refractivity contribution < 1.29 is 0 Å². The maximum absolute atomic E-state index is 5.19. The highest BCUT2D eigenvalue weighted by atomic mass is 32.1. The third-order valence-corrected chi connectivity index (χ3v) is 11.2. The molecule has 0 aliphatic heterocycles. The Morgan fingerprint density at radius 1 is 0.291 bits per heavy atom. The molecule has 0 amide bonds. The molecule has 7 aromatic carbocycles. The minimum Gasteiger partial charge on any atom is -0.228 e. The third kappa shape index (κ3) is 6.37. The van der Waals surface area contributed by atoms with Crippen molar-refractivity contribution in [2.45, 2.75) is 0 Å². The lowest BCUT2D eigenvalue weighted by molar-refractivity contribution is 1.18. The number of aromatic nitrogens is 4. The molecule has 3 aromatic heterocycles. The molecule has 3 heterocycles. The molecule has 0 unspecified atom stereocenters. The van der Waals surface area contributed by atoms with Gasteiger partial charge in [-0.05, 0) is 41.5 Å². The van der Waals surface area contributed by atoms with Gasteiger partial charge in [-0.15, -0.1) is 11.3 Å². The fraction of sp³-hybridized carbons (Fsp3) is 0. The van der Waals surface area contributed by atoms with Crippen molar-refractivity contribution in [3.63, 3.8) is 0 Å². The van der Waals surface area contributed by atoms with E-state index < -0.39 is 0 Å². The van der Waals surface area contributed by atoms with Crippen LogP contribution in [0.15, 0.2) is 194 Å². The summed E-state index contributed by atoms with van der Waals surface area (Å²) in [5, 5.41) is 2.35. The average molecular weight is 721 g/mol. The second-order valence-corrected chi connectivity index (χ2v) is 14.5. The first-order chi connectivity index (χ1) is 27.2. The Morgan fingerprint density at radius 3 is 1.27 bits per heavy atom. The maximum atomic E-state index is 5.19. The highest BCUT2D eigenvalue weighted by molar-refractivity contribution is 7.26. The summed E-state index contributed by atoms with van der Waals surface area (Å²) in [7, 11) is 0. The zero-order chi connectivity index (χ0) is 36.6. The second kappa shape index (κ2) is 14.0. The number of hydrogen-bond acceptors (Lipinski definition) is 5. The van der Waals surface area contributed by atoms with Gasteiger partial charge in [0.25, 0.3) is 0 Å². The summed E-state index contributed by atoms with van der Waals surface area (Å²) >= 11 is 1.78. The van der Waals surface area contributed by atoms with E-state index in [1.807, 2.05) is 24.3 Å². The van der Waals surface area contributed by atoms with Crippen LogP contribution in [0.2, 0.25) is 0 Å². The number of hydrogen-bond donors (Lipinski definition) is 0. The van der Waals surface area contributed by atoms with E-state index in [0.717, 1.165) is 66.4 Å². The van der Waals surface area contributed by atoms with Crippen molar-refractivity contribution in [2.75, 3.05) is 0 Å². The summed E-state index contributed by atoms with van der Waals surface area (Å²) in [6.07, 6.45) is 0. The third-order valence-electron chi connectivity index (χ3n) is 9.94. The van der Waals surface area contributed by atoms with Gasteiger partial charge in [0.15, 0.2) is 11.6 Å².